The Hall–Kier alpha value is -4.14. The lowest BCUT2D eigenvalue weighted by Gasteiger charge is -2.41. The van der Waals surface area contributed by atoms with Crippen LogP contribution >= 0.6 is 11.8 Å². The van der Waals surface area contributed by atoms with Crippen molar-refractivity contribution in [1.29, 1.82) is 0 Å². The van der Waals surface area contributed by atoms with Gasteiger partial charge in [0.25, 0.3) is 0 Å². The summed E-state index contributed by atoms with van der Waals surface area (Å²) in [4.78, 5) is 57.4. The molecule has 0 aliphatic carbocycles. The second-order valence-electron chi connectivity index (χ2n) is 9.92. The van der Waals surface area contributed by atoms with Gasteiger partial charge in [-0.15, -0.1) is 11.8 Å². The number of carboxylic acids is 4. The zero-order chi connectivity index (χ0) is 32.7. The number of hydrogen-bond acceptors (Lipinski definition) is 9. The van der Waals surface area contributed by atoms with Crippen LogP contribution in [0.15, 0.2) is 53.4 Å². The molecule has 0 spiro atoms. The first-order chi connectivity index (χ1) is 20.1. The SMILES string of the molecule is CN(C)CCCOc1ccc(C2(CCCN(C)C)Sc3ccccc3N(C)C2=O)cc1.O=C(O)C(=O)O.O=C(O)C(=O)O. The normalized spacial score (nSPS) is 15.4. The number of anilines is 1. The Morgan fingerprint density at radius 3 is 1.77 bits per heavy atom. The Labute approximate surface area is 254 Å². The molecular weight excluding hydrogens is 582 g/mol. The van der Waals surface area contributed by atoms with Gasteiger partial charge in [0, 0.05) is 18.5 Å². The predicted molar refractivity (Wildman–Crippen MR) is 161 cm³/mol. The molecular formula is C29H39N3O10S. The number of aliphatic carboxylic acids is 4. The van der Waals surface area contributed by atoms with Crippen LogP contribution in [-0.2, 0) is 28.7 Å². The minimum Gasteiger partial charge on any atom is -0.494 e. The molecule has 0 fully saturated rings. The van der Waals surface area contributed by atoms with Gasteiger partial charge < -0.3 is 39.9 Å². The van der Waals surface area contributed by atoms with Gasteiger partial charge in [-0.3, -0.25) is 4.79 Å². The van der Waals surface area contributed by atoms with Gasteiger partial charge in [0.05, 0.1) is 12.3 Å². The molecule has 0 aromatic heterocycles. The number of ether oxygens (including phenoxy) is 1. The third kappa shape index (κ3) is 11.9. The summed E-state index contributed by atoms with van der Waals surface area (Å²) in [6.07, 6.45) is 2.72. The van der Waals surface area contributed by atoms with Gasteiger partial charge in [0.1, 0.15) is 10.5 Å². The van der Waals surface area contributed by atoms with E-state index in [2.05, 4.69) is 56.2 Å². The Kier molecular flexibility index (Phi) is 15.2. The van der Waals surface area contributed by atoms with E-state index in [0.29, 0.717) is 6.61 Å². The van der Waals surface area contributed by atoms with E-state index in [0.717, 1.165) is 54.2 Å². The molecule has 0 bridgehead atoms. The number of likely N-dealkylation sites (N-methyl/N-ethyl adjacent to an activating group) is 1. The molecule has 1 heterocycles. The molecule has 0 saturated heterocycles. The minimum absolute atomic E-state index is 0.148. The van der Waals surface area contributed by atoms with E-state index in [-0.39, 0.29) is 5.91 Å². The van der Waals surface area contributed by atoms with Gasteiger partial charge in [0.15, 0.2) is 0 Å². The molecule has 1 atom stereocenters. The van der Waals surface area contributed by atoms with E-state index in [1.807, 2.05) is 42.3 Å². The van der Waals surface area contributed by atoms with Crippen molar-refractivity contribution in [3.8, 4) is 5.75 Å². The fraction of sp³-hybridized carbons (Fsp3) is 0.414. The minimum atomic E-state index is -1.82. The van der Waals surface area contributed by atoms with Gasteiger partial charge in [-0.25, -0.2) is 19.2 Å². The van der Waals surface area contributed by atoms with Crippen molar-refractivity contribution in [2.45, 2.75) is 28.9 Å². The molecule has 2 aromatic carbocycles. The molecule has 0 radical (unpaired) electrons. The standard InChI is InChI=1S/C25H35N3O2S.2C2H2O4/c1-26(2)17-8-16-25(24(29)28(5)22-10-6-7-11-23(22)31-25)20-12-14-21(15-13-20)30-19-9-18-27(3)4;2*3-1(4)2(5)6/h6-7,10-15H,8-9,16-19H2,1-5H3;2*(H,3,4)(H,5,6). The molecule has 1 aliphatic rings. The van der Waals surface area contributed by atoms with Crippen molar-refractivity contribution in [2.75, 3.05) is 59.8 Å². The first-order valence-electron chi connectivity index (χ1n) is 13.1. The Morgan fingerprint density at radius 1 is 0.791 bits per heavy atom. The summed E-state index contributed by atoms with van der Waals surface area (Å²) in [7, 11) is 10.2. The van der Waals surface area contributed by atoms with Crippen LogP contribution in [0.25, 0.3) is 0 Å². The fourth-order valence-corrected chi connectivity index (χ4v) is 5.51. The topological polar surface area (TPSA) is 185 Å². The van der Waals surface area contributed by atoms with Crippen LogP contribution in [-0.4, -0.2) is 115 Å². The number of nitrogens with zero attached hydrogens (tertiary/aromatic N) is 3. The first kappa shape index (κ1) is 36.9. The number of rotatable bonds is 10. The second kappa shape index (κ2) is 17.7. The van der Waals surface area contributed by atoms with E-state index in [9.17, 15) is 4.79 Å². The third-order valence-electron chi connectivity index (χ3n) is 6.00. The molecule has 14 heteroatoms. The number of carbonyl (C=O) groups excluding carboxylic acids is 1. The van der Waals surface area contributed by atoms with E-state index in [1.54, 1.807) is 11.8 Å². The van der Waals surface area contributed by atoms with Crippen LogP contribution in [0.2, 0.25) is 0 Å². The van der Waals surface area contributed by atoms with E-state index >= 15 is 0 Å². The van der Waals surface area contributed by atoms with Gasteiger partial charge in [-0.1, -0.05) is 24.3 Å². The molecule has 236 valence electrons. The third-order valence-corrected chi connectivity index (χ3v) is 7.53. The van der Waals surface area contributed by atoms with Crippen molar-refractivity contribution in [3.05, 3.63) is 54.1 Å². The number of hydrogen-bond donors (Lipinski definition) is 4. The summed E-state index contributed by atoms with van der Waals surface area (Å²) in [6.45, 7) is 2.65. The highest BCUT2D eigenvalue weighted by atomic mass is 32.2. The summed E-state index contributed by atoms with van der Waals surface area (Å²) in [5.74, 6) is -6.29. The number of carbonyl (C=O) groups is 5. The van der Waals surface area contributed by atoms with Crippen LogP contribution in [0.5, 0.6) is 5.75 Å². The Balaban J connectivity index is 0.000000649. The summed E-state index contributed by atoms with van der Waals surface area (Å²) in [5.41, 5.74) is 2.03. The summed E-state index contributed by atoms with van der Waals surface area (Å²) in [5, 5.41) is 29.6. The molecule has 1 aliphatic heterocycles. The van der Waals surface area contributed by atoms with Crippen molar-refractivity contribution in [3.63, 3.8) is 0 Å². The average molecular weight is 622 g/mol. The molecule has 0 saturated carbocycles. The number of para-hydroxylation sites is 1. The van der Waals surface area contributed by atoms with Gasteiger partial charge in [-0.2, -0.15) is 0 Å². The average Bonchev–Trinajstić information content (AvgIpc) is 2.94. The van der Waals surface area contributed by atoms with E-state index < -0.39 is 28.6 Å². The Bertz CT molecular complexity index is 1210. The molecule has 13 nitrogen and oxygen atoms in total. The summed E-state index contributed by atoms with van der Waals surface area (Å²) >= 11 is 1.70. The maximum atomic E-state index is 13.7. The monoisotopic (exact) mass is 621 g/mol. The van der Waals surface area contributed by atoms with Crippen molar-refractivity contribution in [1.82, 2.24) is 9.80 Å². The molecule has 4 N–H and O–H groups in total. The first-order valence-corrected chi connectivity index (χ1v) is 14.0. The zero-order valence-electron chi connectivity index (χ0n) is 24.8. The highest BCUT2D eigenvalue weighted by Crippen LogP contribution is 2.53. The molecule has 2 aromatic rings. The molecule has 3 rings (SSSR count). The van der Waals surface area contributed by atoms with Crippen LogP contribution in [0.3, 0.4) is 0 Å². The molecule has 43 heavy (non-hydrogen) atoms. The smallest absolute Gasteiger partial charge is 0.414 e. The zero-order valence-corrected chi connectivity index (χ0v) is 25.7. The van der Waals surface area contributed by atoms with Crippen molar-refractivity contribution < 1.29 is 49.1 Å². The second-order valence-corrected chi connectivity index (χ2v) is 11.3. The van der Waals surface area contributed by atoms with Gasteiger partial charge >= 0.3 is 23.9 Å². The lowest BCUT2D eigenvalue weighted by Crippen LogP contribution is -2.46. The maximum Gasteiger partial charge on any atom is 0.414 e. The van der Waals surface area contributed by atoms with Crippen LogP contribution in [0.1, 0.15) is 24.8 Å². The summed E-state index contributed by atoms with van der Waals surface area (Å²) in [6, 6.07) is 16.3. The number of amides is 1. The fourth-order valence-electron chi connectivity index (χ4n) is 3.95. The largest absolute Gasteiger partial charge is 0.494 e. The quantitative estimate of drug-likeness (QED) is 0.224. The van der Waals surface area contributed by atoms with Crippen molar-refractivity contribution >= 4 is 47.2 Å². The van der Waals surface area contributed by atoms with E-state index in [4.69, 9.17) is 44.3 Å². The van der Waals surface area contributed by atoms with Crippen molar-refractivity contribution in [2.24, 2.45) is 0 Å². The highest BCUT2D eigenvalue weighted by Gasteiger charge is 2.47. The number of carboxylic acid groups (broad SMARTS) is 4. The van der Waals surface area contributed by atoms with Gasteiger partial charge in [-0.05, 0) is 83.8 Å². The Morgan fingerprint density at radius 2 is 1.28 bits per heavy atom. The predicted octanol–water partition coefficient (Wildman–Crippen LogP) is 2.63. The van der Waals surface area contributed by atoms with Crippen LogP contribution in [0.4, 0.5) is 5.69 Å². The number of thioether (sulfide) groups is 1. The summed E-state index contributed by atoms with van der Waals surface area (Å²) < 4.78 is 5.29. The highest BCUT2D eigenvalue weighted by molar-refractivity contribution is 8.01. The number of fused-ring (bicyclic) bond motifs is 1. The van der Waals surface area contributed by atoms with E-state index in [1.165, 1.54) is 0 Å². The molecule has 1 unspecified atom stereocenters. The number of benzene rings is 2. The van der Waals surface area contributed by atoms with Gasteiger partial charge in [0.2, 0.25) is 5.91 Å². The maximum absolute atomic E-state index is 13.7. The van der Waals surface area contributed by atoms with Crippen LogP contribution in [0, 0.1) is 0 Å². The molecule has 1 amide bonds. The lowest BCUT2D eigenvalue weighted by atomic mass is 9.90. The van der Waals surface area contributed by atoms with Crippen LogP contribution < -0.4 is 9.64 Å². The lowest BCUT2D eigenvalue weighted by molar-refractivity contribution is -0.159.